The molecule has 1 aromatic carbocycles. The second kappa shape index (κ2) is 9.60. The van der Waals surface area contributed by atoms with Gasteiger partial charge in [0, 0.05) is 63.2 Å². The normalized spacial score (nSPS) is 13.7. The van der Waals surface area contributed by atoms with Crippen molar-refractivity contribution >= 4 is 39.8 Å². The van der Waals surface area contributed by atoms with E-state index in [1.165, 1.54) is 16.6 Å². The Morgan fingerprint density at radius 2 is 1.86 bits per heavy atom. The Kier molecular flexibility index (Phi) is 5.99. The van der Waals surface area contributed by atoms with Crippen LogP contribution in [0.15, 0.2) is 66.1 Å². The number of nitrogens with one attached hydrogen (secondary N) is 2. The predicted molar refractivity (Wildman–Crippen MR) is 143 cm³/mol. The first-order valence-corrected chi connectivity index (χ1v) is 12.2. The fraction of sp³-hybridized carbons (Fsp3) is 0.200. The monoisotopic (exact) mass is 514 g/mol. The summed E-state index contributed by atoms with van der Waals surface area (Å²) in [6.45, 7) is 3.91. The molecule has 0 atom stereocenters. The molecule has 0 bridgehead atoms. The van der Waals surface area contributed by atoms with Crippen molar-refractivity contribution < 1.29 is 0 Å². The summed E-state index contributed by atoms with van der Waals surface area (Å²) in [5.41, 5.74) is 2.92. The molecule has 6 rings (SSSR count). The first-order valence-electron chi connectivity index (χ1n) is 11.8. The minimum Gasteiger partial charge on any atom is -0.369 e. The van der Waals surface area contributed by atoms with Crippen LogP contribution in [-0.2, 0) is 7.05 Å². The number of anilines is 3. The molecule has 0 spiro atoms. The van der Waals surface area contributed by atoms with Gasteiger partial charge in [0.05, 0.1) is 16.7 Å². The van der Waals surface area contributed by atoms with E-state index >= 15 is 0 Å². The van der Waals surface area contributed by atoms with E-state index in [-0.39, 0.29) is 11.2 Å². The van der Waals surface area contributed by atoms with Crippen LogP contribution in [0.2, 0.25) is 5.02 Å². The highest BCUT2D eigenvalue weighted by Gasteiger charge is 2.19. The number of piperazine rings is 1. The summed E-state index contributed by atoms with van der Waals surface area (Å²) in [6, 6.07) is 11.5. The molecule has 12 heteroatoms. The van der Waals surface area contributed by atoms with Crippen LogP contribution in [0.4, 0.5) is 17.3 Å². The van der Waals surface area contributed by atoms with E-state index < -0.39 is 5.56 Å². The molecular weight excluding hydrogens is 492 g/mol. The van der Waals surface area contributed by atoms with Gasteiger partial charge < -0.3 is 20.1 Å². The molecule has 1 aliphatic heterocycles. The molecule has 1 fully saturated rings. The topological polar surface area (TPSA) is 119 Å². The zero-order chi connectivity index (χ0) is 25.4. The van der Waals surface area contributed by atoms with Gasteiger partial charge in [0.2, 0.25) is 5.95 Å². The van der Waals surface area contributed by atoms with Gasteiger partial charge in [-0.2, -0.15) is 9.78 Å². The maximum Gasteiger partial charge on any atom is 0.284 e. The summed E-state index contributed by atoms with van der Waals surface area (Å²) < 4.78 is 2.96. The van der Waals surface area contributed by atoms with Crippen LogP contribution >= 0.6 is 11.6 Å². The molecule has 11 nitrogen and oxygen atoms in total. The summed E-state index contributed by atoms with van der Waals surface area (Å²) in [4.78, 5) is 33.5. The van der Waals surface area contributed by atoms with E-state index in [4.69, 9.17) is 11.6 Å². The highest BCUT2D eigenvalue weighted by molar-refractivity contribution is 6.32. The van der Waals surface area contributed by atoms with Crippen molar-refractivity contribution in [1.29, 1.82) is 0 Å². The van der Waals surface area contributed by atoms with Crippen LogP contribution in [-0.4, -0.2) is 60.5 Å². The molecule has 4 aromatic heterocycles. The molecule has 0 aliphatic carbocycles. The smallest absolute Gasteiger partial charge is 0.284 e. The number of aryl methyl sites for hydroxylation is 1. The average Bonchev–Trinajstić information content (AvgIpc) is 3.36. The highest BCUT2D eigenvalue weighted by Crippen LogP contribution is 2.26. The lowest BCUT2D eigenvalue weighted by Gasteiger charge is -2.29. The molecule has 0 amide bonds. The lowest BCUT2D eigenvalue weighted by molar-refractivity contribution is 0.589. The highest BCUT2D eigenvalue weighted by atomic mass is 35.5. The van der Waals surface area contributed by atoms with Crippen LogP contribution in [0.3, 0.4) is 0 Å². The Bertz CT molecular complexity index is 1640. The van der Waals surface area contributed by atoms with E-state index in [2.05, 4.69) is 52.7 Å². The minimum absolute atomic E-state index is 0.222. The SMILES string of the molecule is Cn1cnc(-c2nn(-c3ncccc3Cl)c(=O)c3cnc(Nc4ccc(N5CCNCC5)cc4)nc23)c1. The largest absolute Gasteiger partial charge is 0.369 e. The first kappa shape index (κ1) is 23.1. The molecule has 5 aromatic rings. The summed E-state index contributed by atoms with van der Waals surface area (Å²) >= 11 is 6.33. The zero-order valence-electron chi connectivity index (χ0n) is 20.0. The number of fused-ring (bicyclic) bond motifs is 1. The summed E-state index contributed by atoms with van der Waals surface area (Å²) in [5.74, 6) is 0.564. The second-order valence-electron chi connectivity index (χ2n) is 8.66. The second-order valence-corrected chi connectivity index (χ2v) is 9.07. The lowest BCUT2D eigenvalue weighted by atomic mass is 10.2. The Labute approximate surface area is 216 Å². The van der Waals surface area contributed by atoms with E-state index in [1.54, 1.807) is 35.4 Å². The van der Waals surface area contributed by atoms with Gasteiger partial charge in [-0.25, -0.2) is 19.9 Å². The Morgan fingerprint density at radius 1 is 1.05 bits per heavy atom. The predicted octanol–water partition coefficient (Wildman–Crippen LogP) is 2.78. The molecule has 37 heavy (non-hydrogen) atoms. The molecule has 0 radical (unpaired) electrons. The summed E-state index contributed by atoms with van der Waals surface area (Å²) in [5, 5.41) is 11.8. The van der Waals surface area contributed by atoms with Gasteiger partial charge in [-0.05, 0) is 36.4 Å². The molecular formula is C25H23ClN10O. The van der Waals surface area contributed by atoms with Gasteiger partial charge >= 0.3 is 0 Å². The van der Waals surface area contributed by atoms with Crippen molar-refractivity contribution in [3.63, 3.8) is 0 Å². The molecule has 2 N–H and O–H groups in total. The Balaban J connectivity index is 1.41. The van der Waals surface area contributed by atoms with E-state index in [9.17, 15) is 4.79 Å². The van der Waals surface area contributed by atoms with E-state index in [0.717, 1.165) is 31.9 Å². The van der Waals surface area contributed by atoms with Gasteiger partial charge in [-0.15, -0.1) is 0 Å². The number of hydrogen-bond acceptors (Lipinski definition) is 9. The van der Waals surface area contributed by atoms with Crippen molar-refractivity contribution in [3.8, 4) is 17.2 Å². The van der Waals surface area contributed by atoms with Gasteiger partial charge in [0.25, 0.3) is 5.56 Å². The van der Waals surface area contributed by atoms with Crippen molar-refractivity contribution in [1.82, 2.24) is 39.6 Å². The fourth-order valence-corrected chi connectivity index (χ4v) is 4.48. The van der Waals surface area contributed by atoms with Gasteiger partial charge in [0.1, 0.15) is 16.9 Å². The van der Waals surface area contributed by atoms with E-state index in [1.807, 2.05) is 19.2 Å². The third kappa shape index (κ3) is 4.50. The standard InChI is InChI=1S/C25H23ClN10O/c1-34-14-20(30-15-34)22-21-18(24(37)36(33-22)23-19(26)3-2-8-28-23)13-29-25(32-21)31-16-4-6-17(7-5-16)35-11-9-27-10-12-35/h2-8,13-15,27H,9-12H2,1H3,(H,29,31,32). The third-order valence-electron chi connectivity index (χ3n) is 6.13. The number of pyridine rings is 1. The number of nitrogens with zero attached hydrogens (tertiary/aromatic N) is 8. The minimum atomic E-state index is -0.429. The summed E-state index contributed by atoms with van der Waals surface area (Å²) in [7, 11) is 1.86. The number of imidazole rings is 1. The quantitative estimate of drug-likeness (QED) is 0.365. The number of halogens is 1. The Hall–Kier alpha value is -4.35. The number of hydrogen-bond donors (Lipinski definition) is 2. The van der Waals surface area contributed by atoms with Crippen LogP contribution in [0.25, 0.3) is 28.1 Å². The number of benzene rings is 1. The molecule has 0 saturated carbocycles. The van der Waals surface area contributed by atoms with Gasteiger partial charge in [-0.3, -0.25) is 4.79 Å². The van der Waals surface area contributed by atoms with Crippen LogP contribution in [0, 0.1) is 0 Å². The van der Waals surface area contributed by atoms with Crippen LogP contribution < -0.4 is 21.1 Å². The molecule has 5 heterocycles. The zero-order valence-corrected chi connectivity index (χ0v) is 20.7. The van der Waals surface area contributed by atoms with E-state index in [0.29, 0.717) is 27.9 Å². The third-order valence-corrected chi connectivity index (χ3v) is 6.42. The molecule has 1 aliphatic rings. The molecule has 1 saturated heterocycles. The van der Waals surface area contributed by atoms with Crippen molar-refractivity contribution in [3.05, 3.63) is 76.7 Å². The summed E-state index contributed by atoms with van der Waals surface area (Å²) in [6.07, 6.45) is 6.51. The first-order chi connectivity index (χ1) is 18.1. The maximum absolute atomic E-state index is 13.4. The number of rotatable bonds is 5. The molecule has 0 unspecified atom stereocenters. The fourth-order valence-electron chi connectivity index (χ4n) is 4.28. The average molecular weight is 515 g/mol. The van der Waals surface area contributed by atoms with Crippen molar-refractivity contribution in [2.75, 3.05) is 36.4 Å². The van der Waals surface area contributed by atoms with Crippen LogP contribution in [0.5, 0.6) is 0 Å². The van der Waals surface area contributed by atoms with Crippen molar-refractivity contribution in [2.45, 2.75) is 0 Å². The maximum atomic E-state index is 13.4. The van der Waals surface area contributed by atoms with Crippen LogP contribution in [0.1, 0.15) is 0 Å². The molecule has 186 valence electrons. The van der Waals surface area contributed by atoms with Gasteiger partial charge in [-0.1, -0.05) is 11.6 Å². The lowest BCUT2D eigenvalue weighted by Crippen LogP contribution is -2.43. The Morgan fingerprint density at radius 3 is 2.59 bits per heavy atom. The van der Waals surface area contributed by atoms with Crippen molar-refractivity contribution in [2.24, 2.45) is 7.05 Å². The number of aromatic nitrogens is 7. The van der Waals surface area contributed by atoms with Gasteiger partial charge in [0.15, 0.2) is 5.82 Å².